The maximum Gasteiger partial charge on any atom is 0.261 e. The molecule has 7 nitrogen and oxygen atoms in total. The fourth-order valence-corrected chi connectivity index (χ4v) is 4.80. The predicted molar refractivity (Wildman–Crippen MR) is 120 cm³/mol. The van der Waals surface area contributed by atoms with Gasteiger partial charge in [0, 0.05) is 30.3 Å². The summed E-state index contributed by atoms with van der Waals surface area (Å²) in [5.74, 6) is -0.251. The Kier molecular flexibility index (Phi) is 7.33. The second kappa shape index (κ2) is 9.96. The molecule has 2 aromatic rings. The van der Waals surface area contributed by atoms with Crippen LogP contribution < -0.4 is 15.4 Å². The molecule has 0 bridgehead atoms. The normalized spacial score (nSPS) is 14.3. The van der Waals surface area contributed by atoms with E-state index in [1.807, 2.05) is 13.0 Å². The summed E-state index contributed by atoms with van der Waals surface area (Å²) in [4.78, 5) is 24.7. The summed E-state index contributed by atoms with van der Waals surface area (Å²) in [6.45, 7) is 4.24. The highest BCUT2D eigenvalue weighted by Gasteiger charge is 2.22. The van der Waals surface area contributed by atoms with E-state index in [4.69, 9.17) is 0 Å². The van der Waals surface area contributed by atoms with Crippen LogP contribution in [0.25, 0.3) is 0 Å². The number of anilines is 1. The van der Waals surface area contributed by atoms with Gasteiger partial charge in [-0.25, -0.2) is 8.42 Å². The number of hydrogen-bond acceptors (Lipinski definition) is 4. The summed E-state index contributed by atoms with van der Waals surface area (Å²) < 4.78 is 28.1. The second-order valence-electron chi connectivity index (χ2n) is 7.98. The number of carbonyl (C=O) groups is 2. The van der Waals surface area contributed by atoms with Crippen LogP contribution in [0.2, 0.25) is 0 Å². The van der Waals surface area contributed by atoms with Gasteiger partial charge in [0.2, 0.25) is 5.91 Å². The maximum absolute atomic E-state index is 12.8. The fourth-order valence-electron chi connectivity index (χ4n) is 3.72. The maximum atomic E-state index is 12.8. The van der Waals surface area contributed by atoms with Crippen molar-refractivity contribution in [2.45, 2.75) is 44.4 Å². The lowest BCUT2D eigenvalue weighted by molar-refractivity contribution is -0.124. The van der Waals surface area contributed by atoms with Crippen molar-refractivity contribution in [3.63, 3.8) is 0 Å². The summed E-state index contributed by atoms with van der Waals surface area (Å²) in [5, 5.41) is 5.61. The molecule has 31 heavy (non-hydrogen) atoms. The number of benzene rings is 2. The molecule has 0 radical (unpaired) electrons. The lowest BCUT2D eigenvalue weighted by atomic mass is 10.1. The smallest absolute Gasteiger partial charge is 0.261 e. The molecule has 0 atom stereocenters. The average molecular weight is 444 g/mol. The number of amides is 2. The number of hydrogen-bond donors (Lipinski definition) is 3. The number of carbonyl (C=O) groups excluding carboxylic acids is 2. The molecule has 0 saturated heterocycles. The van der Waals surface area contributed by atoms with Crippen molar-refractivity contribution >= 4 is 27.5 Å². The van der Waals surface area contributed by atoms with Crippen molar-refractivity contribution in [2.75, 3.05) is 17.8 Å². The summed E-state index contributed by atoms with van der Waals surface area (Å²) in [5.41, 5.74) is 2.35. The molecule has 1 fully saturated rings. The minimum absolute atomic E-state index is 0.0132. The molecule has 8 heteroatoms. The monoisotopic (exact) mass is 443 g/mol. The van der Waals surface area contributed by atoms with Crippen LogP contribution in [-0.4, -0.2) is 33.3 Å². The quantitative estimate of drug-likeness (QED) is 0.545. The Bertz CT molecular complexity index is 1060. The molecule has 1 aliphatic rings. The highest BCUT2D eigenvalue weighted by atomic mass is 32.2. The standard InChI is InChI=1S/C23H29N3O4S/c1-16-6-5-9-19(14-16)26-31(29,30)20-11-10-17(2)21(15-20)23(28)25-13-12-24-22(27)18-7-3-4-8-18/h5-6,9-11,14-15,18,26H,3-4,7-8,12-13H2,1-2H3,(H,24,27)(H,25,28). The largest absolute Gasteiger partial charge is 0.354 e. The molecule has 3 N–H and O–H groups in total. The van der Waals surface area contributed by atoms with E-state index in [2.05, 4.69) is 15.4 Å². The van der Waals surface area contributed by atoms with Gasteiger partial charge in [-0.1, -0.05) is 31.0 Å². The van der Waals surface area contributed by atoms with Crippen LogP contribution in [0.15, 0.2) is 47.4 Å². The molecule has 1 aliphatic carbocycles. The van der Waals surface area contributed by atoms with Gasteiger partial charge in [-0.15, -0.1) is 0 Å². The number of rotatable bonds is 8. The Hall–Kier alpha value is -2.87. The van der Waals surface area contributed by atoms with E-state index in [9.17, 15) is 18.0 Å². The van der Waals surface area contributed by atoms with Gasteiger partial charge in [0.15, 0.2) is 0 Å². The number of nitrogens with one attached hydrogen (secondary N) is 3. The molecular formula is C23H29N3O4S. The Morgan fingerprint density at radius 1 is 0.968 bits per heavy atom. The van der Waals surface area contributed by atoms with Gasteiger partial charge in [-0.2, -0.15) is 0 Å². The van der Waals surface area contributed by atoms with Gasteiger partial charge in [-0.05, 0) is 62.1 Å². The lowest BCUT2D eigenvalue weighted by Crippen LogP contribution is -2.37. The molecule has 166 valence electrons. The third-order valence-corrected chi connectivity index (χ3v) is 6.85. The van der Waals surface area contributed by atoms with E-state index in [0.29, 0.717) is 17.8 Å². The van der Waals surface area contributed by atoms with Gasteiger partial charge in [0.1, 0.15) is 0 Å². The first-order valence-corrected chi connectivity index (χ1v) is 12.0. The Balaban J connectivity index is 1.61. The van der Waals surface area contributed by atoms with Gasteiger partial charge >= 0.3 is 0 Å². The third-order valence-electron chi connectivity index (χ3n) is 5.47. The Morgan fingerprint density at radius 2 is 1.68 bits per heavy atom. The molecule has 2 amide bonds. The first-order valence-electron chi connectivity index (χ1n) is 10.5. The molecule has 3 rings (SSSR count). The van der Waals surface area contributed by atoms with Crippen molar-refractivity contribution in [1.29, 1.82) is 0 Å². The van der Waals surface area contributed by atoms with Crippen LogP contribution in [0.3, 0.4) is 0 Å². The van der Waals surface area contributed by atoms with Gasteiger partial charge in [0.25, 0.3) is 15.9 Å². The highest BCUT2D eigenvalue weighted by molar-refractivity contribution is 7.92. The summed E-state index contributed by atoms with van der Waals surface area (Å²) in [6, 6.07) is 11.5. The van der Waals surface area contributed by atoms with Crippen molar-refractivity contribution < 1.29 is 18.0 Å². The van der Waals surface area contributed by atoms with Crippen LogP contribution in [-0.2, 0) is 14.8 Å². The topological polar surface area (TPSA) is 104 Å². The van der Waals surface area contributed by atoms with Crippen LogP contribution >= 0.6 is 0 Å². The van der Waals surface area contributed by atoms with Crippen molar-refractivity contribution in [2.24, 2.45) is 5.92 Å². The molecule has 0 spiro atoms. The lowest BCUT2D eigenvalue weighted by Gasteiger charge is -2.13. The van der Waals surface area contributed by atoms with Crippen LogP contribution in [0.5, 0.6) is 0 Å². The summed E-state index contributed by atoms with van der Waals surface area (Å²) in [7, 11) is -3.84. The van der Waals surface area contributed by atoms with E-state index < -0.39 is 10.0 Å². The molecule has 0 unspecified atom stereocenters. The zero-order valence-electron chi connectivity index (χ0n) is 17.9. The van der Waals surface area contributed by atoms with Gasteiger partial charge < -0.3 is 10.6 Å². The highest BCUT2D eigenvalue weighted by Crippen LogP contribution is 2.24. The molecule has 0 heterocycles. The van der Waals surface area contributed by atoms with Crippen molar-refractivity contribution in [3.05, 3.63) is 59.2 Å². The summed E-state index contributed by atoms with van der Waals surface area (Å²) >= 11 is 0. The van der Waals surface area contributed by atoms with E-state index in [0.717, 1.165) is 31.2 Å². The molecule has 1 saturated carbocycles. The molecule has 0 aromatic heterocycles. The zero-order valence-corrected chi connectivity index (χ0v) is 18.7. The van der Waals surface area contributed by atoms with E-state index in [-0.39, 0.29) is 34.7 Å². The average Bonchev–Trinajstić information content (AvgIpc) is 3.26. The Morgan fingerprint density at radius 3 is 2.39 bits per heavy atom. The first-order chi connectivity index (χ1) is 14.8. The third kappa shape index (κ3) is 6.07. The number of sulfonamides is 1. The van der Waals surface area contributed by atoms with E-state index in [1.54, 1.807) is 31.2 Å². The zero-order chi connectivity index (χ0) is 22.4. The van der Waals surface area contributed by atoms with Crippen LogP contribution in [0, 0.1) is 19.8 Å². The Labute approximate surface area is 183 Å². The van der Waals surface area contributed by atoms with Gasteiger partial charge in [0.05, 0.1) is 4.90 Å². The SMILES string of the molecule is Cc1cccc(NS(=O)(=O)c2ccc(C)c(C(=O)NCCNC(=O)C3CCCC3)c2)c1. The first kappa shape index (κ1) is 22.8. The molecule has 2 aromatic carbocycles. The predicted octanol–water partition coefficient (Wildman–Crippen LogP) is 3.14. The summed E-state index contributed by atoms with van der Waals surface area (Å²) in [6.07, 6.45) is 4.03. The molecular weight excluding hydrogens is 414 g/mol. The van der Waals surface area contributed by atoms with Crippen LogP contribution in [0.4, 0.5) is 5.69 Å². The fraction of sp³-hybridized carbons (Fsp3) is 0.391. The second-order valence-corrected chi connectivity index (χ2v) is 9.66. The minimum Gasteiger partial charge on any atom is -0.354 e. The van der Waals surface area contributed by atoms with Crippen molar-refractivity contribution in [3.8, 4) is 0 Å². The van der Waals surface area contributed by atoms with E-state index >= 15 is 0 Å². The van der Waals surface area contributed by atoms with Gasteiger partial charge in [-0.3, -0.25) is 14.3 Å². The molecule has 0 aliphatic heterocycles. The van der Waals surface area contributed by atoms with E-state index in [1.165, 1.54) is 12.1 Å². The number of aryl methyl sites for hydroxylation is 2. The van der Waals surface area contributed by atoms with Crippen LogP contribution in [0.1, 0.15) is 47.2 Å². The minimum atomic E-state index is -3.84. The van der Waals surface area contributed by atoms with Crippen molar-refractivity contribution in [1.82, 2.24) is 10.6 Å².